The molecule has 4 heterocycles. The highest BCUT2D eigenvalue weighted by molar-refractivity contribution is 8.78. The van der Waals surface area contributed by atoms with E-state index >= 15 is 4.39 Å². The molecule has 1 aromatic carbocycles. The van der Waals surface area contributed by atoms with E-state index in [0.29, 0.717) is 106 Å². The second-order valence-corrected chi connectivity index (χ2v) is 24.2. The number of cyclic esters (lactones) is 1. The zero-order chi connectivity index (χ0) is 55.4. The third-order valence-electron chi connectivity index (χ3n) is 13.8. The number of ether oxygens (including phenoxy) is 7. The Bertz CT molecular complexity index is 2720. The number of carbonyl (C=O) groups is 3. The molecule has 17 nitrogen and oxygen atoms in total. The Morgan fingerprint density at radius 2 is 1.64 bits per heavy atom. The second kappa shape index (κ2) is 26.8. The summed E-state index contributed by atoms with van der Waals surface area (Å²) in [5.74, 6) is -1.34. The average Bonchev–Trinajstić information content (AvgIpc) is 3.78. The molecular weight excluding hydrogens is 1020 g/mol. The number of pyridine rings is 2. The Balaban J connectivity index is 0.906. The van der Waals surface area contributed by atoms with Gasteiger partial charge in [0.2, 0.25) is 5.91 Å². The second-order valence-electron chi connectivity index (χ2n) is 21.1. The van der Waals surface area contributed by atoms with Crippen molar-refractivity contribution >= 4 is 50.5 Å². The molecule has 0 saturated heterocycles. The highest BCUT2D eigenvalue weighted by Crippen LogP contribution is 2.46. The summed E-state index contributed by atoms with van der Waals surface area (Å²) in [6.07, 6.45) is 7.37. The van der Waals surface area contributed by atoms with Crippen LogP contribution in [0.1, 0.15) is 127 Å². The Hall–Kier alpha value is -4.64. The SMILES string of the molecule is C=C/C(=C\C=C(/C)SSC(C)(C)CNC(=O)CCOCCOCCOCCC(C)(C)OCCOC(C)(C)CCN)COC(=O)N[C@H]1CCc2c(C)c(F)cc3nc4c(c1c23)Cn1c-4cc2c(c1=O)COC(=O)[C@]2(O)CC. The molecule has 0 unspecified atom stereocenters. The van der Waals surface area contributed by atoms with Crippen LogP contribution in [0.25, 0.3) is 22.3 Å². The van der Waals surface area contributed by atoms with Gasteiger partial charge in [0.25, 0.3) is 5.56 Å². The summed E-state index contributed by atoms with van der Waals surface area (Å²) >= 11 is 0. The van der Waals surface area contributed by atoms with Crippen LogP contribution in [0.3, 0.4) is 0 Å². The van der Waals surface area contributed by atoms with E-state index in [0.717, 1.165) is 34.3 Å². The van der Waals surface area contributed by atoms with Crippen LogP contribution in [0, 0.1) is 12.7 Å². The summed E-state index contributed by atoms with van der Waals surface area (Å²) in [5.41, 5.74) is 7.52. The number of nitrogens with two attached hydrogens (primary N) is 1. The molecule has 0 saturated carbocycles. The molecule has 418 valence electrons. The number of benzene rings is 1. The summed E-state index contributed by atoms with van der Waals surface area (Å²) in [6.45, 7) is 25.8. The van der Waals surface area contributed by atoms with E-state index in [1.807, 2.05) is 46.8 Å². The highest BCUT2D eigenvalue weighted by Gasteiger charge is 2.46. The van der Waals surface area contributed by atoms with Gasteiger partial charge in [0.1, 0.15) is 19.0 Å². The van der Waals surface area contributed by atoms with Gasteiger partial charge in [0.15, 0.2) is 5.60 Å². The number of nitrogens with zero attached hydrogens (tertiary/aromatic N) is 2. The fourth-order valence-electron chi connectivity index (χ4n) is 9.22. The lowest BCUT2D eigenvalue weighted by Crippen LogP contribution is -2.44. The minimum absolute atomic E-state index is 0.00860. The van der Waals surface area contributed by atoms with Crippen molar-refractivity contribution in [3.63, 3.8) is 0 Å². The average molecular weight is 1100 g/mol. The van der Waals surface area contributed by atoms with Crippen molar-refractivity contribution in [1.82, 2.24) is 20.2 Å². The molecule has 1 aliphatic carbocycles. The van der Waals surface area contributed by atoms with Gasteiger partial charge in [-0.3, -0.25) is 9.59 Å². The maximum absolute atomic E-state index is 15.4. The van der Waals surface area contributed by atoms with E-state index in [1.54, 1.807) is 47.6 Å². The molecular formula is C56H78FN5O12S2. The number of carbonyl (C=O) groups excluding carboxylic acids is 3. The maximum Gasteiger partial charge on any atom is 0.407 e. The standard InChI is InChI=1S/C56H78FN5O12S2/c1-11-37(14-13-35(3)75-76-55(9,10)34-59-46(63)17-21-68-23-25-70-26-24-69-22-19-54(7,8)74-28-27-73-53(5,6)18-20-58)32-72-52(66)61-43-16-15-38-36(4)42(57)30-44-47(38)48(43)39-31-62-45(49(39)60-44)29-41-40(50(62)64)33-71-51(65)56(41,67)12-2/h11,13-14,29-30,43,67H,1,12,15-28,31-34,58H2,2-10H3,(H,59,63)(H,61,66)/b35-13+,37-14+/t43-,56-/m0/s1. The molecule has 2 aliphatic heterocycles. The van der Waals surface area contributed by atoms with E-state index in [4.69, 9.17) is 43.9 Å². The lowest BCUT2D eigenvalue weighted by atomic mass is 9.81. The van der Waals surface area contributed by atoms with Crippen molar-refractivity contribution in [2.24, 2.45) is 5.73 Å². The van der Waals surface area contributed by atoms with E-state index in [1.165, 1.54) is 10.6 Å². The monoisotopic (exact) mass is 1100 g/mol. The Labute approximate surface area is 454 Å². The van der Waals surface area contributed by atoms with Crippen LogP contribution in [-0.2, 0) is 67.9 Å². The normalized spacial score (nSPS) is 17.5. The number of rotatable bonds is 30. The fourth-order valence-corrected chi connectivity index (χ4v) is 11.2. The van der Waals surface area contributed by atoms with Gasteiger partial charge >= 0.3 is 12.1 Å². The lowest BCUT2D eigenvalue weighted by molar-refractivity contribution is -0.172. The van der Waals surface area contributed by atoms with Crippen LogP contribution in [0.5, 0.6) is 0 Å². The summed E-state index contributed by atoms with van der Waals surface area (Å²) in [5, 5.41) is 18.1. The molecule has 3 aromatic rings. The molecule has 2 aromatic heterocycles. The van der Waals surface area contributed by atoms with Crippen LogP contribution in [0.4, 0.5) is 9.18 Å². The number of nitrogens with one attached hydrogen (secondary N) is 2. The van der Waals surface area contributed by atoms with Crippen LogP contribution < -0.4 is 21.9 Å². The minimum atomic E-state index is -2.01. The highest BCUT2D eigenvalue weighted by atomic mass is 33.1. The quantitative estimate of drug-likeness (QED) is 0.0167. The van der Waals surface area contributed by atoms with Crippen molar-refractivity contribution in [1.29, 1.82) is 0 Å². The number of allylic oxidation sites excluding steroid dienone is 3. The predicted molar refractivity (Wildman–Crippen MR) is 294 cm³/mol. The number of amides is 2. The number of esters is 1. The zero-order valence-electron chi connectivity index (χ0n) is 45.7. The number of aryl methyl sites for hydroxylation is 1. The summed E-state index contributed by atoms with van der Waals surface area (Å²) < 4.78 is 56.4. The molecule has 0 radical (unpaired) electrons. The first-order chi connectivity index (χ1) is 36.0. The van der Waals surface area contributed by atoms with Crippen molar-refractivity contribution in [3.8, 4) is 11.4 Å². The molecule has 6 rings (SSSR count). The minimum Gasteiger partial charge on any atom is -0.458 e. The Morgan fingerprint density at radius 1 is 0.974 bits per heavy atom. The fraction of sp³-hybridized carbons (Fsp3) is 0.589. The van der Waals surface area contributed by atoms with Gasteiger partial charge in [0, 0.05) is 46.9 Å². The number of aromatic nitrogens is 2. The number of alkyl carbamates (subject to hydrolysis) is 1. The van der Waals surface area contributed by atoms with Gasteiger partial charge in [0.05, 0.1) is 92.5 Å². The lowest BCUT2D eigenvalue weighted by Gasteiger charge is -2.31. The molecule has 20 heteroatoms. The molecule has 0 bridgehead atoms. The van der Waals surface area contributed by atoms with Crippen molar-refractivity contribution in [3.05, 3.63) is 97.0 Å². The van der Waals surface area contributed by atoms with Gasteiger partial charge in [-0.1, -0.05) is 53.3 Å². The Morgan fingerprint density at radius 3 is 2.32 bits per heavy atom. The van der Waals surface area contributed by atoms with Gasteiger partial charge in [-0.05, 0) is 127 Å². The Kier molecular flexibility index (Phi) is 21.4. The van der Waals surface area contributed by atoms with E-state index < -0.39 is 35.1 Å². The van der Waals surface area contributed by atoms with Gasteiger partial charge in [-0.2, -0.15) is 0 Å². The molecule has 5 N–H and O–H groups in total. The summed E-state index contributed by atoms with van der Waals surface area (Å²) in [7, 11) is 3.19. The van der Waals surface area contributed by atoms with Crippen molar-refractivity contribution in [2.75, 3.05) is 72.6 Å². The number of hydrogen-bond acceptors (Lipinski definition) is 16. The molecule has 76 heavy (non-hydrogen) atoms. The van der Waals surface area contributed by atoms with E-state index in [-0.39, 0.29) is 72.2 Å². The molecule has 3 aliphatic rings. The smallest absolute Gasteiger partial charge is 0.407 e. The molecule has 0 fully saturated rings. The zero-order valence-corrected chi connectivity index (χ0v) is 47.3. The number of halogens is 1. The predicted octanol–water partition coefficient (Wildman–Crippen LogP) is 8.30. The van der Waals surface area contributed by atoms with Gasteiger partial charge in [-0.15, -0.1) is 0 Å². The number of aliphatic hydroxyl groups is 1. The van der Waals surface area contributed by atoms with Crippen molar-refractivity contribution < 1.29 is 57.0 Å². The van der Waals surface area contributed by atoms with E-state index in [2.05, 4.69) is 31.1 Å². The maximum atomic E-state index is 15.4. The first-order valence-electron chi connectivity index (χ1n) is 26.1. The molecule has 2 amide bonds. The van der Waals surface area contributed by atoms with Crippen LogP contribution in [0.2, 0.25) is 0 Å². The topological polar surface area (TPSA) is 221 Å². The van der Waals surface area contributed by atoms with Crippen LogP contribution >= 0.6 is 21.6 Å². The summed E-state index contributed by atoms with van der Waals surface area (Å²) in [6, 6.07) is 2.42. The van der Waals surface area contributed by atoms with Crippen LogP contribution in [-0.4, -0.2) is 121 Å². The summed E-state index contributed by atoms with van der Waals surface area (Å²) in [4.78, 5) is 58.8. The van der Waals surface area contributed by atoms with Crippen LogP contribution in [0.15, 0.2) is 52.2 Å². The molecule has 2 atom stereocenters. The third-order valence-corrected chi connectivity index (χ3v) is 17.3. The first-order valence-corrected chi connectivity index (χ1v) is 28.3. The number of hydrogen-bond donors (Lipinski definition) is 4. The number of fused-ring (bicyclic) bond motifs is 5. The van der Waals surface area contributed by atoms with Gasteiger partial charge in [-0.25, -0.2) is 19.0 Å². The van der Waals surface area contributed by atoms with Crippen molar-refractivity contribution in [2.45, 2.75) is 142 Å². The third kappa shape index (κ3) is 15.6. The largest absolute Gasteiger partial charge is 0.458 e. The first kappa shape index (κ1) is 60.6. The van der Waals surface area contributed by atoms with Gasteiger partial charge < -0.3 is 59.2 Å². The van der Waals surface area contributed by atoms with E-state index in [9.17, 15) is 24.3 Å². The molecule has 0 spiro atoms.